The SMILES string of the molecule is C[C@@H]1C[C@H](O)c2c1cc1c(c2F)-c2c(Cl)c(F)cc3c2C[C@]([C@@H]2CCCN2)(O3)c2cccc(c2)NC1=O. The molecule has 3 N–H and O–H groups in total. The Morgan fingerprint density at radius 2 is 2.03 bits per heavy atom. The van der Waals surface area contributed by atoms with Crippen LogP contribution < -0.4 is 15.4 Å². The molecule has 4 aliphatic rings. The molecule has 3 aliphatic heterocycles. The summed E-state index contributed by atoms with van der Waals surface area (Å²) in [4.78, 5) is 13.7. The van der Waals surface area contributed by atoms with Gasteiger partial charge in [-0.1, -0.05) is 30.7 Å². The van der Waals surface area contributed by atoms with Gasteiger partial charge in [-0.2, -0.15) is 0 Å². The molecule has 1 fully saturated rings. The van der Waals surface area contributed by atoms with E-state index in [9.17, 15) is 9.90 Å². The fourth-order valence-electron chi connectivity index (χ4n) is 6.80. The topological polar surface area (TPSA) is 70.6 Å². The van der Waals surface area contributed by atoms with Gasteiger partial charge in [-0.15, -0.1) is 0 Å². The van der Waals surface area contributed by atoms with Crippen molar-refractivity contribution in [3.05, 3.63) is 80.9 Å². The van der Waals surface area contributed by atoms with Gasteiger partial charge < -0.3 is 20.5 Å². The van der Waals surface area contributed by atoms with Gasteiger partial charge >= 0.3 is 0 Å². The summed E-state index contributed by atoms with van der Waals surface area (Å²) in [6, 6.07) is 10.3. The van der Waals surface area contributed by atoms with Crippen LogP contribution >= 0.6 is 11.6 Å². The summed E-state index contributed by atoms with van der Waals surface area (Å²) < 4.78 is 38.5. The smallest absolute Gasteiger partial charge is 0.256 e. The van der Waals surface area contributed by atoms with Crippen LogP contribution in [0.25, 0.3) is 11.1 Å². The van der Waals surface area contributed by atoms with Crippen LogP contribution in [0.2, 0.25) is 5.02 Å². The van der Waals surface area contributed by atoms with Crippen molar-refractivity contribution in [1.82, 2.24) is 5.32 Å². The Morgan fingerprint density at radius 3 is 2.81 bits per heavy atom. The number of hydrogen-bond acceptors (Lipinski definition) is 4. The fraction of sp³-hybridized carbons (Fsp3) is 0.345. The second-order valence-corrected chi connectivity index (χ2v) is 11.0. The Morgan fingerprint density at radius 1 is 1.19 bits per heavy atom. The monoisotopic (exact) mass is 522 g/mol. The lowest BCUT2D eigenvalue weighted by Gasteiger charge is -2.35. The number of anilines is 1. The van der Waals surface area contributed by atoms with E-state index in [2.05, 4.69) is 10.6 Å². The van der Waals surface area contributed by atoms with Crippen molar-refractivity contribution in [2.24, 2.45) is 0 Å². The van der Waals surface area contributed by atoms with E-state index < -0.39 is 29.2 Å². The summed E-state index contributed by atoms with van der Waals surface area (Å²) in [5.74, 6) is -1.87. The Kier molecular flexibility index (Phi) is 5.00. The van der Waals surface area contributed by atoms with Gasteiger partial charge in [0.25, 0.3) is 5.91 Å². The minimum atomic E-state index is -1.02. The first-order valence-corrected chi connectivity index (χ1v) is 13.1. The van der Waals surface area contributed by atoms with Gasteiger partial charge in [0.15, 0.2) is 5.60 Å². The van der Waals surface area contributed by atoms with Crippen LogP contribution in [0.3, 0.4) is 0 Å². The molecule has 190 valence electrons. The summed E-state index contributed by atoms with van der Waals surface area (Å²) in [6.45, 7) is 2.71. The van der Waals surface area contributed by atoms with E-state index in [1.54, 1.807) is 12.1 Å². The van der Waals surface area contributed by atoms with Gasteiger partial charge in [-0.05, 0) is 61.1 Å². The first kappa shape index (κ1) is 23.1. The average Bonchev–Trinajstić information content (AvgIpc) is 3.59. The van der Waals surface area contributed by atoms with Crippen molar-refractivity contribution in [3.63, 3.8) is 0 Å². The van der Waals surface area contributed by atoms with Gasteiger partial charge in [-0.3, -0.25) is 4.79 Å². The molecule has 0 radical (unpaired) electrons. The molecule has 0 unspecified atom stereocenters. The lowest BCUT2D eigenvalue weighted by Crippen LogP contribution is -2.49. The number of halogens is 3. The maximum absolute atomic E-state index is 16.5. The maximum Gasteiger partial charge on any atom is 0.256 e. The quantitative estimate of drug-likeness (QED) is 0.368. The Balaban J connectivity index is 1.59. The number of nitrogens with one attached hydrogen (secondary N) is 2. The highest BCUT2D eigenvalue weighted by Crippen LogP contribution is 2.54. The summed E-state index contributed by atoms with van der Waals surface area (Å²) in [6.07, 6.45) is 1.45. The largest absolute Gasteiger partial charge is 0.480 e. The minimum absolute atomic E-state index is 0.0516. The van der Waals surface area contributed by atoms with E-state index in [1.165, 1.54) is 6.07 Å². The minimum Gasteiger partial charge on any atom is -0.480 e. The van der Waals surface area contributed by atoms with Crippen LogP contribution in [0.1, 0.15) is 70.8 Å². The van der Waals surface area contributed by atoms with Crippen LogP contribution in [-0.2, 0) is 12.0 Å². The van der Waals surface area contributed by atoms with E-state index in [4.69, 9.17) is 16.3 Å². The van der Waals surface area contributed by atoms with Gasteiger partial charge in [0.2, 0.25) is 0 Å². The second-order valence-electron chi connectivity index (χ2n) is 10.6. The third-order valence-electron chi connectivity index (χ3n) is 8.52. The third kappa shape index (κ3) is 3.17. The standard InChI is InChI=1S/C29H25ClF2N2O3/c1-13-8-20(35)23-16(13)10-17-25(27(23)32)24-18-12-29(22-6-3-7-33-22,37-21(18)11-19(31)26(24)30)14-4-2-5-15(9-14)34-28(17)36/h2,4-5,9-11,13,20,22,33,35H,3,6-8,12H2,1H3,(H,34,36)/t13-,20+,22+,29+/m1/s1. The highest BCUT2D eigenvalue weighted by molar-refractivity contribution is 6.34. The van der Waals surface area contributed by atoms with Gasteiger partial charge in [0.1, 0.15) is 17.4 Å². The van der Waals surface area contributed by atoms with Crippen molar-refractivity contribution in [1.29, 1.82) is 0 Å². The van der Waals surface area contributed by atoms with E-state index in [0.717, 1.165) is 24.9 Å². The molecular weight excluding hydrogens is 498 g/mol. The van der Waals surface area contributed by atoms with Crippen LogP contribution in [-0.4, -0.2) is 23.6 Å². The zero-order chi connectivity index (χ0) is 25.6. The summed E-state index contributed by atoms with van der Waals surface area (Å²) in [7, 11) is 0. The molecule has 7 rings (SSSR count). The number of fused-ring (bicyclic) bond motifs is 7. The molecule has 37 heavy (non-hydrogen) atoms. The summed E-state index contributed by atoms with van der Waals surface area (Å²) in [5, 5.41) is 16.9. The number of benzene rings is 3. The Labute approximate surface area is 217 Å². The Bertz CT molecular complexity index is 1500. The molecule has 1 saturated heterocycles. The van der Waals surface area contributed by atoms with Gasteiger partial charge in [0, 0.05) is 40.4 Å². The molecule has 8 heteroatoms. The van der Waals surface area contributed by atoms with E-state index in [1.807, 2.05) is 25.1 Å². The molecular formula is C29H25ClF2N2O3. The number of amides is 1. The van der Waals surface area contributed by atoms with Gasteiger partial charge in [-0.25, -0.2) is 8.78 Å². The summed E-state index contributed by atoms with van der Waals surface area (Å²) >= 11 is 6.60. The van der Waals surface area contributed by atoms with Crippen molar-refractivity contribution >= 4 is 23.2 Å². The fourth-order valence-corrected chi connectivity index (χ4v) is 7.06. The van der Waals surface area contributed by atoms with Crippen LogP contribution in [0.5, 0.6) is 5.75 Å². The zero-order valence-corrected chi connectivity index (χ0v) is 20.9. The number of aliphatic hydroxyl groups excluding tert-OH is 1. The molecule has 5 nitrogen and oxygen atoms in total. The first-order valence-electron chi connectivity index (χ1n) is 12.7. The summed E-state index contributed by atoms with van der Waals surface area (Å²) in [5.41, 5.74) is 1.84. The van der Waals surface area contributed by atoms with Crippen LogP contribution in [0, 0.1) is 11.6 Å². The van der Waals surface area contributed by atoms with Crippen molar-refractivity contribution in [2.45, 2.75) is 56.3 Å². The number of carbonyl (C=O) groups is 1. The zero-order valence-electron chi connectivity index (χ0n) is 20.1. The van der Waals surface area contributed by atoms with Crippen molar-refractivity contribution in [2.75, 3.05) is 11.9 Å². The molecule has 0 saturated carbocycles. The highest BCUT2D eigenvalue weighted by Gasteiger charge is 2.51. The molecule has 3 heterocycles. The average molecular weight is 523 g/mol. The molecule has 3 aromatic rings. The third-order valence-corrected chi connectivity index (χ3v) is 8.89. The number of hydrogen-bond donors (Lipinski definition) is 3. The van der Waals surface area contributed by atoms with Gasteiger partial charge in [0.05, 0.1) is 22.7 Å². The first-order chi connectivity index (χ1) is 17.8. The lowest BCUT2D eigenvalue weighted by molar-refractivity contribution is 0.0539. The molecule has 0 spiro atoms. The van der Waals surface area contributed by atoms with Crippen LogP contribution in [0.4, 0.5) is 14.5 Å². The molecule has 1 aliphatic carbocycles. The van der Waals surface area contributed by atoms with E-state index in [-0.39, 0.29) is 45.0 Å². The predicted octanol–water partition coefficient (Wildman–Crippen LogP) is 5.97. The van der Waals surface area contributed by atoms with Crippen LogP contribution in [0.15, 0.2) is 36.4 Å². The number of aliphatic hydroxyl groups is 1. The molecule has 4 atom stereocenters. The van der Waals surface area contributed by atoms with E-state index >= 15 is 8.78 Å². The van der Waals surface area contributed by atoms with Crippen molar-refractivity contribution < 1.29 is 23.4 Å². The molecule has 0 aromatic heterocycles. The van der Waals surface area contributed by atoms with E-state index in [0.29, 0.717) is 29.7 Å². The Hall–Kier alpha value is -3.00. The number of ether oxygens (including phenoxy) is 1. The normalized spacial score (nSPS) is 27.3. The number of carbonyl (C=O) groups excluding carboxylic acids is 1. The lowest BCUT2D eigenvalue weighted by atomic mass is 9.80. The molecule has 4 bridgehead atoms. The molecule has 1 amide bonds. The van der Waals surface area contributed by atoms with Crippen molar-refractivity contribution in [3.8, 4) is 16.9 Å². The molecule has 3 aromatic carbocycles. The predicted molar refractivity (Wildman–Crippen MR) is 136 cm³/mol. The second kappa shape index (κ2) is 8.00. The maximum atomic E-state index is 16.5. The highest BCUT2D eigenvalue weighted by atomic mass is 35.5. The number of rotatable bonds is 1.